The van der Waals surface area contributed by atoms with Crippen LogP contribution in [0, 0.1) is 11.8 Å². The number of carbonyl (C=O) groups is 3. The van der Waals surface area contributed by atoms with E-state index in [1.165, 1.54) is 244 Å². The summed E-state index contributed by atoms with van der Waals surface area (Å²) in [4.78, 5) is 38.3. The fraction of sp³-hybridized carbons (Fsp3) is 0.952. The lowest BCUT2D eigenvalue weighted by molar-refractivity contribution is -0.167. The largest absolute Gasteiger partial charge is 0.462 e. The Morgan fingerprint density at radius 1 is 0.275 bits per heavy atom. The van der Waals surface area contributed by atoms with Crippen molar-refractivity contribution < 1.29 is 28.6 Å². The lowest BCUT2D eigenvalue weighted by Crippen LogP contribution is -2.30. The topological polar surface area (TPSA) is 78.9 Å². The number of esters is 3. The second kappa shape index (κ2) is 55.7. The van der Waals surface area contributed by atoms with Crippen molar-refractivity contribution >= 4 is 17.9 Å². The van der Waals surface area contributed by atoms with Crippen molar-refractivity contribution in [3.8, 4) is 0 Å². The molecule has 0 aliphatic rings. The van der Waals surface area contributed by atoms with Crippen molar-refractivity contribution in [3.05, 3.63) is 0 Å². The van der Waals surface area contributed by atoms with Crippen LogP contribution in [0.15, 0.2) is 0 Å². The number of unbranched alkanes of at least 4 members (excludes halogenated alkanes) is 42. The predicted octanol–water partition coefficient (Wildman–Crippen LogP) is 20.8. The first kappa shape index (κ1) is 67.4. The van der Waals surface area contributed by atoms with Gasteiger partial charge in [0.25, 0.3) is 0 Å². The van der Waals surface area contributed by atoms with Gasteiger partial charge in [-0.05, 0) is 31.1 Å². The standard InChI is InChI=1S/C63H122O6/c1-6-7-8-9-10-11-12-13-23-28-33-38-43-48-53-61(64)67-56-60(69-63(66)55-50-45-40-35-30-25-20-16-18-22-27-32-37-42-47-52-59(4)5)57-68-62(65)54-49-44-39-34-29-24-19-15-14-17-21-26-31-36-41-46-51-58(2)3/h58-60H,6-57H2,1-5H3/t60-/m1/s1. The van der Waals surface area contributed by atoms with Gasteiger partial charge in [0.05, 0.1) is 0 Å². The maximum atomic E-state index is 12.9. The molecule has 0 radical (unpaired) electrons. The third-order valence-corrected chi connectivity index (χ3v) is 14.5. The highest BCUT2D eigenvalue weighted by molar-refractivity contribution is 5.71. The molecule has 6 nitrogen and oxygen atoms in total. The molecule has 0 N–H and O–H groups in total. The molecule has 0 unspecified atom stereocenters. The Bertz CT molecular complexity index is 1060. The van der Waals surface area contributed by atoms with E-state index in [2.05, 4.69) is 34.6 Å². The maximum Gasteiger partial charge on any atom is 0.306 e. The molecular weight excluding hydrogens is 853 g/mol. The van der Waals surface area contributed by atoms with Crippen LogP contribution in [-0.4, -0.2) is 37.2 Å². The van der Waals surface area contributed by atoms with Gasteiger partial charge in [0.2, 0.25) is 0 Å². The van der Waals surface area contributed by atoms with E-state index in [1.807, 2.05) is 0 Å². The molecule has 0 amide bonds. The first-order chi connectivity index (χ1) is 33.7. The van der Waals surface area contributed by atoms with Crippen molar-refractivity contribution in [2.45, 2.75) is 362 Å². The molecule has 0 saturated heterocycles. The van der Waals surface area contributed by atoms with E-state index in [-0.39, 0.29) is 31.1 Å². The summed E-state index contributed by atoms with van der Waals surface area (Å²) in [6.07, 6.45) is 61.0. The minimum Gasteiger partial charge on any atom is -0.462 e. The summed E-state index contributed by atoms with van der Waals surface area (Å²) in [5.74, 6) is 0.869. The highest BCUT2D eigenvalue weighted by Gasteiger charge is 2.19. The quantitative estimate of drug-likeness (QED) is 0.0343. The van der Waals surface area contributed by atoms with E-state index in [0.717, 1.165) is 69.6 Å². The average molecular weight is 976 g/mol. The van der Waals surface area contributed by atoms with E-state index in [1.54, 1.807) is 0 Å². The Hall–Kier alpha value is -1.59. The summed E-state index contributed by atoms with van der Waals surface area (Å²) < 4.78 is 16.9. The molecule has 0 aliphatic heterocycles. The van der Waals surface area contributed by atoms with Crippen LogP contribution in [0.4, 0.5) is 0 Å². The van der Waals surface area contributed by atoms with Crippen molar-refractivity contribution in [3.63, 3.8) is 0 Å². The van der Waals surface area contributed by atoms with Crippen LogP contribution >= 0.6 is 0 Å². The van der Waals surface area contributed by atoms with Gasteiger partial charge >= 0.3 is 17.9 Å². The van der Waals surface area contributed by atoms with Gasteiger partial charge < -0.3 is 14.2 Å². The highest BCUT2D eigenvalue weighted by atomic mass is 16.6. The fourth-order valence-corrected chi connectivity index (χ4v) is 9.76. The fourth-order valence-electron chi connectivity index (χ4n) is 9.76. The van der Waals surface area contributed by atoms with Gasteiger partial charge in [-0.1, -0.05) is 317 Å². The molecule has 0 heterocycles. The minimum atomic E-state index is -0.763. The van der Waals surface area contributed by atoms with E-state index >= 15 is 0 Å². The van der Waals surface area contributed by atoms with Crippen LogP contribution in [0.3, 0.4) is 0 Å². The zero-order valence-electron chi connectivity index (χ0n) is 47.5. The van der Waals surface area contributed by atoms with Crippen LogP contribution in [0.1, 0.15) is 356 Å². The minimum absolute atomic E-state index is 0.0619. The predicted molar refractivity (Wildman–Crippen MR) is 298 cm³/mol. The summed E-state index contributed by atoms with van der Waals surface area (Å²) in [6, 6.07) is 0. The Morgan fingerprint density at radius 2 is 0.478 bits per heavy atom. The smallest absolute Gasteiger partial charge is 0.306 e. The maximum absolute atomic E-state index is 12.9. The zero-order valence-corrected chi connectivity index (χ0v) is 47.5. The summed E-state index contributed by atoms with van der Waals surface area (Å²) in [6.45, 7) is 11.5. The SMILES string of the molecule is CCCCCCCCCCCCCCCCC(=O)OC[C@H](COC(=O)CCCCCCCCCCCCCCCCCCC(C)C)OC(=O)CCCCCCCCCCCCCCCCCC(C)C. The summed E-state index contributed by atoms with van der Waals surface area (Å²) in [5.41, 5.74) is 0. The zero-order chi connectivity index (χ0) is 50.4. The highest BCUT2D eigenvalue weighted by Crippen LogP contribution is 2.19. The number of hydrogen-bond donors (Lipinski definition) is 0. The van der Waals surface area contributed by atoms with E-state index in [0.29, 0.717) is 19.3 Å². The molecule has 0 aromatic heterocycles. The molecule has 0 aliphatic carbocycles. The molecule has 1 atom stereocenters. The van der Waals surface area contributed by atoms with Gasteiger partial charge in [0, 0.05) is 19.3 Å². The average Bonchev–Trinajstić information content (AvgIpc) is 3.32. The first-order valence-corrected chi connectivity index (χ1v) is 31.2. The molecule has 0 bridgehead atoms. The Kier molecular flexibility index (Phi) is 54.4. The van der Waals surface area contributed by atoms with Crippen LogP contribution in [-0.2, 0) is 28.6 Å². The van der Waals surface area contributed by atoms with E-state index in [4.69, 9.17) is 14.2 Å². The lowest BCUT2D eigenvalue weighted by Gasteiger charge is -2.18. The number of carbonyl (C=O) groups excluding carboxylic acids is 3. The molecule has 0 spiro atoms. The second-order valence-electron chi connectivity index (χ2n) is 22.6. The van der Waals surface area contributed by atoms with Crippen molar-refractivity contribution in [2.24, 2.45) is 11.8 Å². The van der Waals surface area contributed by atoms with Gasteiger partial charge in [0.15, 0.2) is 6.10 Å². The van der Waals surface area contributed by atoms with Crippen molar-refractivity contribution in [2.75, 3.05) is 13.2 Å². The Labute approximate surface area is 431 Å². The van der Waals surface area contributed by atoms with Gasteiger partial charge in [0.1, 0.15) is 13.2 Å². The van der Waals surface area contributed by atoms with Gasteiger partial charge in [-0.25, -0.2) is 0 Å². The molecule has 0 rings (SSSR count). The number of hydrogen-bond acceptors (Lipinski definition) is 6. The number of rotatable bonds is 57. The molecular formula is C63H122O6. The normalized spacial score (nSPS) is 12.0. The summed E-state index contributed by atoms with van der Waals surface area (Å²) >= 11 is 0. The molecule has 69 heavy (non-hydrogen) atoms. The monoisotopic (exact) mass is 975 g/mol. The van der Waals surface area contributed by atoms with Crippen molar-refractivity contribution in [1.82, 2.24) is 0 Å². The third kappa shape index (κ3) is 57.2. The molecule has 0 aromatic carbocycles. The lowest BCUT2D eigenvalue weighted by atomic mass is 10.0. The van der Waals surface area contributed by atoms with Crippen LogP contribution in [0.5, 0.6) is 0 Å². The van der Waals surface area contributed by atoms with Crippen LogP contribution in [0.2, 0.25) is 0 Å². The van der Waals surface area contributed by atoms with Crippen molar-refractivity contribution in [1.29, 1.82) is 0 Å². The Morgan fingerprint density at radius 3 is 0.710 bits per heavy atom. The van der Waals surface area contributed by atoms with Crippen LogP contribution < -0.4 is 0 Å². The number of ether oxygens (including phenoxy) is 3. The molecule has 410 valence electrons. The Balaban J connectivity index is 4.28. The molecule has 6 heteroatoms. The molecule has 0 aromatic rings. The summed E-state index contributed by atoms with van der Waals surface area (Å²) in [5, 5.41) is 0. The van der Waals surface area contributed by atoms with E-state index in [9.17, 15) is 14.4 Å². The second-order valence-corrected chi connectivity index (χ2v) is 22.6. The first-order valence-electron chi connectivity index (χ1n) is 31.2. The molecule has 0 fully saturated rings. The van der Waals surface area contributed by atoms with E-state index < -0.39 is 6.10 Å². The third-order valence-electron chi connectivity index (χ3n) is 14.5. The van der Waals surface area contributed by atoms with Gasteiger partial charge in [-0.2, -0.15) is 0 Å². The van der Waals surface area contributed by atoms with Crippen LogP contribution in [0.25, 0.3) is 0 Å². The summed E-state index contributed by atoms with van der Waals surface area (Å²) in [7, 11) is 0. The van der Waals surface area contributed by atoms with Gasteiger partial charge in [-0.15, -0.1) is 0 Å². The molecule has 0 saturated carbocycles. The van der Waals surface area contributed by atoms with Gasteiger partial charge in [-0.3, -0.25) is 14.4 Å².